The fraction of sp³-hybridized carbons (Fsp3) is 0.471. The normalized spacial score (nSPS) is 24.2. The molecular weight excluding hydrogens is 310 g/mol. The van der Waals surface area contributed by atoms with Crippen molar-refractivity contribution in [1.29, 1.82) is 0 Å². The molecule has 128 valence electrons. The molecule has 0 aromatic heterocycles. The smallest absolute Gasteiger partial charge is 0.338 e. The van der Waals surface area contributed by atoms with Crippen molar-refractivity contribution in [1.82, 2.24) is 9.80 Å². The highest BCUT2D eigenvalue weighted by Crippen LogP contribution is 2.22. The Morgan fingerprint density at radius 1 is 1.17 bits per heavy atom. The van der Waals surface area contributed by atoms with Gasteiger partial charge in [-0.3, -0.25) is 14.5 Å². The fourth-order valence-corrected chi connectivity index (χ4v) is 3.42. The summed E-state index contributed by atoms with van der Waals surface area (Å²) >= 11 is 0. The first-order valence-electron chi connectivity index (χ1n) is 8.23. The molecule has 7 nitrogen and oxygen atoms in total. The maximum absolute atomic E-state index is 12.1. The van der Waals surface area contributed by atoms with Gasteiger partial charge in [-0.1, -0.05) is 0 Å². The van der Waals surface area contributed by atoms with Gasteiger partial charge in [0.15, 0.2) is 6.67 Å². The summed E-state index contributed by atoms with van der Waals surface area (Å²) < 4.78 is 5.46. The second-order valence-electron chi connectivity index (χ2n) is 6.14. The van der Waals surface area contributed by atoms with Crippen molar-refractivity contribution in [2.75, 3.05) is 26.9 Å². The molecule has 2 aliphatic heterocycles. The van der Waals surface area contributed by atoms with E-state index in [4.69, 9.17) is 4.74 Å². The van der Waals surface area contributed by atoms with Crippen molar-refractivity contribution in [2.24, 2.45) is 0 Å². The molecule has 3 rings (SSSR count). The van der Waals surface area contributed by atoms with Gasteiger partial charge in [-0.25, -0.2) is 9.69 Å². The predicted molar refractivity (Wildman–Crippen MR) is 85.3 cm³/mol. The molecule has 2 fully saturated rings. The minimum atomic E-state index is -0.754. The minimum Gasteiger partial charge on any atom is -0.494 e. The molecule has 0 saturated carbocycles. The maximum atomic E-state index is 12.1. The Bertz CT molecular complexity index is 658. The molecule has 2 saturated heterocycles. The van der Waals surface area contributed by atoms with Crippen molar-refractivity contribution in [3.8, 4) is 5.75 Å². The number of hydrogen-bond acceptors (Lipinski definition) is 4. The van der Waals surface area contributed by atoms with Crippen LogP contribution in [0, 0.1) is 0 Å². The third-order valence-electron chi connectivity index (χ3n) is 4.69. The SMILES string of the molecule is CCOc1ccc([C@H]2CCC[NH+]2CN2C(=O)C(=O)N(C)C2=O)cc1. The van der Waals surface area contributed by atoms with Crippen LogP contribution in [0.25, 0.3) is 0 Å². The number of nitrogens with zero attached hydrogens (tertiary/aromatic N) is 2. The Balaban J connectivity index is 1.73. The lowest BCUT2D eigenvalue weighted by Gasteiger charge is -2.25. The highest BCUT2D eigenvalue weighted by atomic mass is 16.5. The van der Waals surface area contributed by atoms with Crippen molar-refractivity contribution in [3.05, 3.63) is 29.8 Å². The highest BCUT2D eigenvalue weighted by molar-refractivity contribution is 6.44. The van der Waals surface area contributed by atoms with Crippen molar-refractivity contribution >= 4 is 17.8 Å². The monoisotopic (exact) mass is 332 g/mol. The molecule has 24 heavy (non-hydrogen) atoms. The molecule has 1 aromatic carbocycles. The molecule has 2 heterocycles. The van der Waals surface area contributed by atoms with Crippen molar-refractivity contribution in [2.45, 2.75) is 25.8 Å². The van der Waals surface area contributed by atoms with E-state index in [1.54, 1.807) is 0 Å². The second kappa shape index (κ2) is 6.60. The zero-order chi connectivity index (χ0) is 17.3. The molecule has 7 heteroatoms. The van der Waals surface area contributed by atoms with E-state index in [1.807, 2.05) is 31.2 Å². The number of urea groups is 1. The summed E-state index contributed by atoms with van der Waals surface area (Å²) in [6, 6.07) is 7.63. The first kappa shape index (κ1) is 16.4. The highest BCUT2D eigenvalue weighted by Gasteiger charge is 2.45. The zero-order valence-electron chi connectivity index (χ0n) is 13.9. The third-order valence-corrected chi connectivity index (χ3v) is 4.69. The van der Waals surface area contributed by atoms with Crippen LogP contribution in [0.4, 0.5) is 4.79 Å². The molecule has 0 bridgehead atoms. The Hall–Kier alpha value is -2.41. The molecule has 4 amide bonds. The number of carbonyl (C=O) groups excluding carboxylic acids is 3. The van der Waals surface area contributed by atoms with Gasteiger partial charge < -0.3 is 9.64 Å². The van der Waals surface area contributed by atoms with Crippen molar-refractivity contribution in [3.63, 3.8) is 0 Å². The summed E-state index contributed by atoms with van der Waals surface area (Å²) in [5.74, 6) is -0.651. The number of carbonyl (C=O) groups is 3. The lowest BCUT2D eigenvalue weighted by Crippen LogP contribution is -3.12. The lowest BCUT2D eigenvalue weighted by atomic mass is 10.0. The average Bonchev–Trinajstić information content (AvgIpc) is 3.12. The van der Waals surface area contributed by atoms with E-state index in [9.17, 15) is 14.4 Å². The summed E-state index contributed by atoms with van der Waals surface area (Å²) in [4.78, 5) is 38.7. The van der Waals surface area contributed by atoms with Gasteiger partial charge in [0.2, 0.25) is 0 Å². The van der Waals surface area contributed by atoms with E-state index in [-0.39, 0.29) is 12.7 Å². The number of nitrogens with one attached hydrogen (secondary N) is 1. The van der Waals surface area contributed by atoms with E-state index in [2.05, 4.69) is 0 Å². The zero-order valence-corrected chi connectivity index (χ0v) is 13.9. The number of likely N-dealkylation sites (tertiary alicyclic amines) is 1. The molecular formula is C17H22N3O4+. The van der Waals surface area contributed by atoms with Gasteiger partial charge in [0.25, 0.3) is 0 Å². The fourth-order valence-electron chi connectivity index (χ4n) is 3.42. The van der Waals surface area contributed by atoms with E-state index >= 15 is 0 Å². The first-order valence-corrected chi connectivity index (χ1v) is 8.23. The maximum Gasteiger partial charge on any atom is 0.338 e. The van der Waals surface area contributed by atoms with Crippen LogP contribution in [0.2, 0.25) is 0 Å². The molecule has 0 aliphatic carbocycles. The minimum absolute atomic E-state index is 0.210. The Labute approximate surface area is 140 Å². The topological polar surface area (TPSA) is 71.4 Å². The van der Waals surface area contributed by atoms with Crippen LogP contribution >= 0.6 is 0 Å². The van der Waals surface area contributed by atoms with Gasteiger partial charge in [-0.15, -0.1) is 0 Å². The molecule has 2 aliphatic rings. The quantitative estimate of drug-likeness (QED) is 0.617. The van der Waals surface area contributed by atoms with Crippen LogP contribution in [0.15, 0.2) is 24.3 Å². The summed E-state index contributed by atoms with van der Waals surface area (Å²) in [7, 11) is 1.34. The van der Waals surface area contributed by atoms with Crippen LogP contribution in [-0.4, -0.2) is 54.5 Å². The van der Waals surface area contributed by atoms with Crippen molar-refractivity contribution < 1.29 is 24.0 Å². The van der Waals surface area contributed by atoms with E-state index in [0.717, 1.165) is 45.4 Å². The summed E-state index contributed by atoms with van der Waals surface area (Å²) in [6.07, 6.45) is 2.01. The number of ether oxygens (including phenoxy) is 1. The second-order valence-corrected chi connectivity index (χ2v) is 6.14. The largest absolute Gasteiger partial charge is 0.494 e. The van der Waals surface area contributed by atoms with Gasteiger partial charge in [-0.05, 0) is 31.2 Å². The van der Waals surface area contributed by atoms with E-state index < -0.39 is 17.8 Å². The predicted octanol–water partition coefficient (Wildman–Crippen LogP) is 0.183. The van der Waals surface area contributed by atoms with E-state index in [0.29, 0.717) is 6.61 Å². The Kier molecular flexibility index (Phi) is 4.53. The molecule has 0 radical (unpaired) electrons. The number of quaternary nitrogens is 1. The molecule has 0 spiro atoms. The molecule has 1 N–H and O–H groups in total. The summed E-state index contributed by atoms with van der Waals surface area (Å²) in [5.41, 5.74) is 1.16. The molecule has 1 aromatic rings. The average molecular weight is 332 g/mol. The summed E-state index contributed by atoms with van der Waals surface area (Å²) in [5, 5.41) is 0. The van der Waals surface area contributed by atoms with Crippen LogP contribution in [0.3, 0.4) is 0 Å². The van der Waals surface area contributed by atoms with Gasteiger partial charge in [0, 0.05) is 25.5 Å². The molecule has 1 unspecified atom stereocenters. The number of rotatable bonds is 5. The van der Waals surface area contributed by atoms with Crippen LogP contribution < -0.4 is 9.64 Å². The van der Waals surface area contributed by atoms with E-state index in [1.165, 1.54) is 7.05 Å². The lowest BCUT2D eigenvalue weighted by molar-refractivity contribution is -0.925. The number of likely N-dealkylation sites (N-methyl/N-ethyl adjacent to an activating group) is 1. The number of benzene rings is 1. The van der Waals surface area contributed by atoms with Crippen LogP contribution in [0.1, 0.15) is 31.4 Å². The third kappa shape index (κ3) is 2.87. The Morgan fingerprint density at radius 2 is 1.88 bits per heavy atom. The van der Waals surface area contributed by atoms with Gasteiger partial charge in [0.05, 0.1) is 13.2 Å². The first-order chi connectivity index (χ1) is 11.5. The standard InChI is InChI=1S/C17H21N3O4/c1-3-24-13-8-6-12(7-9-13)14-5-4-10-19(14)11-20-16(22)15(21)18(2)17(20)23/h6-9,14H,3-5,10-11H2,1-2H3/p+1/t14-/m1/s1. The van der Waals surface area contributed by atoms with Crippen LogP contribution in [0.5, 0.6) is 5.75 Å². The Morgan fingerprint density at radius 3 is 2.46 bits per heavy atom. The van der Waals surface area contributed by atoms with Gasteiger partial charge >= 0.3 is 17.8 Å². The van der Waals surface area contributed by atoms with Crippen LogP contribution in [-0.2, 0) is 9.59 Å². The number of amides is 4. The molecule has 2 atom stereocenters. The van der Waals surface area contributed by atoms with Gasteiger partial charge in [0.1, 0.15) is 11.8 Å². The number of hydrogen-bond donors (Lipinski definition) is 1. The summed E-state index contributed by atoms with van der Waals surface area (Å²) in [6.45, 7) is 3.67. The number of imide groups is 2. The van der Waals surface area contributed by atoms with Gasteiger partial charge in [-0.2, -0.15) is 0 Å².